The van der Waals surface area contributed by atoms with E-state index in [1.807, 2.05) is 20.8 Å². The highest BCUT2D eigenvalue weighted by molar-refractivity contribution is 7.89. The molecule has 6 nitrogen and oxygen atoms in total. The summed E-state index contributed by atoms with van der Waals surface area (Å²) in [7, 11) is -0.0494. The van der Waals surface area contributed by atoms with Crippen LogP contribution >= 0.6 is 0 Å². The molecule has 0 aliphatic carbocycles. The van der Waals surface area contributed by atoms with Crippen molar-refractivity contribution in [2.45, 2.75) is 38.2 Å². The molecule has 1 heterocycles. The van der Waals surface area contributed by atoms with Crippen LogP contribution in [-0.2, 0) is 24.1 Å². The number of aliphatic hydroxyl groups excluding tert-OH is 1. The maximum Gasteiger partial charge on any atom is 0.248 e. The van der Waals surface area contributed by atoms with Gasteiger partial charge in [-0.2, -0.15) is 4.68 Å². The van der Waals surface area contributed by atoms with Gasteiger partial charge in [0, 0.05) is 6.54 Å². The SMILES string of the molecule is Cn1cc(S(=O)(=O)NCC(O)CC(C)(C)C)c[n+]1C. The molecule has 0 fully saturated rings. The van der Waals surface area contributed by atoms with Crippen LogP contribution in [0.15, 0.2) is 17.3 Å². The normalized spacial score (nSPS) is 14.6. The molecule has 0 aliphatic heterocycles. The van der Waals surface area contributed by atoms with Gasteiger partial charge in [0.2, 0.25) is 16.2 Å². The first-order chi connectivity index (χ1) is 8.51. The van der Waals surface area contributed by atoms with Crippen LogP contribution in [0.1, 0.15) is 27.2 Å². The average molecular weight is 290 g/mol. The van der Waals surface area contributed by atoms with Crippen LogP contribution < -0.4 is 9.40 Å². The molecule has 0 spiro atoms. The Hall–Kier alpha value is -0.920. The third kappa shape index (κ3) is 4.93. The number of aromatic nitrogens is 2. The summed E-state index contributed by atoms with van der Waals surface area (Å²) in [4.78, 5) is 0.195. The van der Waals surface area contributed by atoms with Crippen LogP contribution in [0.25, 0.3) is 0 Å². The van der Waals surface area contributed by atoms with Gasteiger partial charge in [0.05, 0.1) is 19.3 Å². The topological polar surface area (TPSA) is 75.2 Å². The molecule has 7 heteroatoms. The molecule has 0 saturated heterocycles. The van der Waals surface area contributed by atoms with E-state index in [0.717, 1.165) is 0 Å². The van der Waals surface area contributed by atoms with E-state index in [1.54, 1.807) is 23.5 Å². The summed E-state index contributed by atoms with van der Waals surface area (Å²) in [5, 5.41) is 9.82. The average Bonchev–Trinajstić information content (AvgIpc) is 2.55. The Labute approximate surface area is 115 Å². The Morgan fingerprint density at radius 1 is 1.47 bits per heavy atom. The standard InChI is InChI=1S/C12H24N3O3S/c1-12(2,3)6-10(16)7-13-19(17,18)11-8-14(4)15(5)9-11/h8-10,13,16H,6-7H2,1-5H3/q+1. The Kier molecular flexibility index (Phi) is 4.76. The van der Waals surface area contributed by atoms with Gasteiger partial charge in [0.15, 0.2) is 11.9 Å². The largest absolute Gasteiger partial charge is 0.392 e. The fraction of sp³-hybridized carbons (Fsp3) is 0.750. The molecule has 1 aromatic rings. The number of rotatable bonds is 5. The van der Waals surface area contributed by atoms with Crippen molar-refractivity contribution in [2.24, 2.45) is 19.5 Å². The molecule has 0 aromatic carbocycles. The summed E-state index contributed by atoms with van der Waals surface area (Å²) in [5.74, 6) is 0. The Balaban J connectivity index is 2.66. The first kappa shape index (κ1) is 16.1. The molecule has 1 aromatic heterocycles. The van der Waals surface area contributed by atoms with Crippen molar-refractivity contribution in [1.29, 1.82) is 0 Å². The van der Waals surface area contributed by atoms with Crippen LogP contribution in [0.3, 0.4) is 0 Å². The number of nitrogens with zero attached hydrogens (tertiary/aromatic N) is 2. The van der Waals surface area contributed by atoms with E-state index in [4.69, 9.17) is 0 Å². The van der Waals surface area contributed by atoms with E-state index < -0.39 is 16.1 Å². The maximum absolute atomic E-state index is 12.0. The van der Waals surface area contributed by atoms with E-state index >= 15 is 0 Å². The summed E-state index contributed by atoms with van der Waals surface area (Å²) in [6, 6.07) is 0. The number of aryl methyl sites for hydroxylation is 2. The zero-order valence-electron chi connectivity index (χ0n) is 12.2. The zero-order valence-corrected chi connectivity index (χ0v) is 13.0. The molecule has 0 amide bonds. The zero-order chi connectivity index (χ0) is 14.8. The van der Waals surface area contributed by atoms with Crippen LogP contribution in [0.5, 0.6) is 0 Å². The minimum absolute atomic E-state index is 0.0260. The molecule has 110 valence electrons. The second-order valence-corrected chi connectivity index (χ2v) is 7.85. The van der Waals surface area contributed by atoms with Crippen molar-refractivity contribution >= 4 is 10.0 Å². The molecule has 0 radical (unpaired) electrons. The van der Waals surface area contributed by atoms with Crippen molar-refractivity contribution in [3.05, 3.63) is 12.4 Å². The molecule has 0 bridgehead atoms. The van der Waals surface area contributed by atoms with Crippen molar-refractivity contribution in [2.75, 3.05) is 6.54 Å². The van der Waals surface area contributed by atoms with Gasteiger partial charge >= 0.3 is 0 Å². The first-order valence-electron chi connectivity index (χ1n) is 6.21. The van der Waals surface area contributed by atoms with E-state index in [0.29, 0.717) is 6.42 Å². The van der Waals surface area contributed by atoms with Crippen LogP contribution in [0, 0.1) is 5.41 Å². The molecule has 2 N–H and O–H groups in total. The molecular weight excluding hydrogens is 266 g/mol. The highest BCUT2D eigenvalue weighted by Gasteiger charge is 2.23. The fourth-order valence-corrected chi connectivity index (χ4v) is 2.95. The summed E-state index contributed by atoms with van der Waals surface area (Å²) in [6.45, 7) is 6.03. The highest BCUT2D eigenvalue weighted by atomic mass is 32.2. The third-order valence-corrected chi connectivity index (χ3v) is 4.17. The van der Waals surface area contributed by atoms with Gasteiger partial charge in [-0.25, -0.2) is 13.1 Å². The molecule has 1 atom stereocenters. The molecule has 19 heavy (non-hydrogen) atoms. The van der Waals surface area contributed by atoms with Crippen LogP contribution in [-0.4, -0.2) is 30.9 Å². The fourth-order valence-electron chi connectivity index (χ4n) is 1.79. The number of aliphatic hydroxyl groups is 1. The van der Waals surface area contributed by atoms with Gasteiger partial charge in [-0.3, -0.25) is 0 Å². The number of nitrogens with one attached hydrogen (secondary N) is 1. The van der Waals surface area contributed by atoms with Gasteiger partial charge in [-0.15, -0.1) is 4.68 Å². The van der Waals surface area contributed by atoms with E-state index in [1.165, 1.54) is 12.4 Å². The Bertz CT molecular complexity index is 509. The minimum atomic E-state index is -3.56. The minimum Gasteiger partial charge on any atom is -0.392 e. The van der Waals surface area contributed by atoms with Crippen molar-refractivity contribution in [1.82, 2.24) is 9.40 Å². The van der Waals surface area contributed by atoms with E-state index in [2.05, 4.69) is 4.72 Å². The maximum atomic E-state index is 12.0. The number of sulfonamides is 1. The quantitative estimate of drug-likeness (QED) is 0.745. The first-order valence-corrected chi connectivity index (χ1v) is 7.69. The predicted molar refractivity (Wildman–Crippen MR) is 71.9 cm³/mol. The van der Waals surface area contributed by atoms with Gasteiger partial charge in [0.25, 0.3) is 0 Å². The molecule has 0 aliphatic rings. The highest BCUT2D eigenvalue weighted by Crippen LogP contribution is 2.20. The summed E-state index contributed by atoms with van der Waals surface area (Å²) >= 11 is 0. The number of hydrogen-bond donors (Lipinski definition) is 2. The lowest BCUT2D eigenvalue weighted by molar-refractivity contribution is -0.751. The molecule has 0 saturated carbocycles. The Morgan fingerprint density at radius 2 is 2.05 bits per heavy atom. The summed E-state index contributed by atoms with van der Waals surface area (Å²) in [5.41, 5.74) is -0.0377. The van der Waals surface area contributed by atoms with Gasteiger partial charge in [-0.1, -0.05) is 20.8 Å². The third-order valence-electron chi connectivity index (χ3n) is 2.79. The van der Waals surface area contributed by atoms with Crippen molar-refractivity contribution in [3.8, 4) is 0 Å². The lowest BCUT2D eigenvalue weighted by Gasteiger charge is -2.22. The molecule has 1 unspecified atom stereocenters. The lowest BCUT2D eigenvalue weighted by Crippen LogP contribution is -2.36. The van der Waals surface area contributed by atoms with Gasteiger partial charge in [-0.05, 0) is 11.8 Å². The van der Waals surface area contributed by atoms with Gasteiger partial charge in [0.1, 0.15) is 0 Å². The predicted octanol–water partition coefficient (Wildman–Crippen LogP) is -0.0750. The number of hydrogen-bond acceptors (Lipinski definition) is 3. The van der Waals surface area contributed by atoms with Crippen LogP contribution in [0.2, 0.25) is 0 Å². The molecular formula is C12H24N3O3S+. The Morgan fingerprint density at radius 3 is 2.47 bits per heavy atom. The smallest absolute Gasteiger partial charge is 0.248 e. The second kappa shape index (κ2) is 5.60. The summed E-state index contributed by atoms with van der Waals surface area (Å²) in [6.07, 6.45) is 2.90. The van der Waals surface area contributed by atoms with Crippen molar-refractivity contribution in [3.63, 3.8) is 0 Å². The second-order valence-electron chi connectivity index (χ2n) is 6.08. The van der Waals surface area contributed by atoms with E-state index in [9.17, 15) is 13.5 Å². The van der Waals surface area contributed by atoms with E-state index in [-0.39, 0.29) is 16.9 Å². The lowest BCUT2D eigenvalue weighted by atomic mass is 9.89. The van der Waals surface area contributed by atoms with Gasteiger partial charge < -0.3 is 5.11 Å². The monoisotopic (exact) mass is 290 g/mol. The molecule has 1 rings (SSSR count). The van der Waals surface area contributed by atoms with Crippen molar-refractivity contribution < 1.29 is 18.2 Å². The summed E-state index contributed by atoms with van der Waals surface area (Å²) < 4.78 is 29.8. The van der Waals surface area contributed by atoms with Crippen LogP contribution in [0.4, 0.5) is 0 Å².